The van der Waals surface area contributed by atoms with Crippen LogP contribution in [0.4, 0.5) is 0 Å². The van der Waals surface area contributed by atoms with Crippen LogP contribution in [0.3, 0.4) is 0 Å². The van der Waals surface area contributed by atoms with E-state index in [1.54, 1.807) is 0 Å². The van der Waals surface area contributed by atoms with Crippen molar-refractivity contribution in [3.05, 3.63) is 12.7 Å². The van der Waals surface area contributed by atoms with Crippen LogP contribution >= 0.6 is 0 Å². The molecule has 0 spiro atoms. The number of aliphatic hydroxyl groups excluding tert-OH is 1. The molecule has 0 aromatic heterocycles. The summed E-state index contributed by atoms with van der Waals surface area (Å²) >= 11 is 0. The highest BCUT2D eigenvalue weighted by Gasteiger charge is 2.04. The molecule has 0 saturated carbocycles. The van der Waals surface area contributed by atoms with Crippen LogP contribution in [0.2, 0.25) is 0 Å². The second kappa shape index (κ2) is 3.67. The zero-order chi connectivity index (χ0) is 6.57. The molecule has 0 aromatic rings. The molecule has 1 heteroatoms. The molecule has 0 aliphatic heterocycles. The first-order valence-electron chi connectivity index (χ1n) is 2.95. The molecule has 0 bridgehead atoms. The maximum atomic E-state index is 8.59. The molecule has 0 aliphatic carbocycles. The third-order valence-electron chi connectivity index (χ3n) is 1.56. The summed E-state index contributed by atoms with van der Waals surface area (Å²) in [6.45, 7) is 7.93. The van der Waals surface area contributed by atoms with Crippen LogP contribution in [0.15, 0.2) is 12.7 Å². The van der Waals surface area contributed by atoms with E-state index >= 15 is 0 Å². The van der Waals surface area contributed by atoms with Crippen LogP contribution in [0.1, 0.15) is 13.8 Å². The summed E-state index contributed by atoms with van der Waals surface area (Å²) in [5.41, 5.74) is 0. The topological polar surface area (TPSA) is 20.2 Å². The van der Waals surface area contributed by atoms with Gasteiger partial charge in [-0.15, -0.1) is 6.58 Å². The molecule has 8 heavy (non-hydrogen) atoms. The first-order valence-corrected chi connectivity index (χ1v) is 2.95. The summed E-state index contributed by atoms with van der Waals surface area (Å²) in [4.78, 5) is 0. The zero-order valence-electron chi connectivity index (χ0n) is 5.59. The smallest absolute Gasteiger partial charge is 0.0462 e. The Bertz CT molecular complexity index is 68.8. The highest BCUT2D eigenvalue weighted by Crippen LogP contribution is 2.09. The van der Waals surface area contributed by atoms with E-state index in [1.807, 2.05) is 19.9 Å². The lowest BCUT2D eigenvalue weighted by molar-refractivity contribution is 0.213. The van der Waals surface area contributed by atoms with E-state index < -0.39 is 0 Å². The van der Waals surface area contributed by atoms with Gasteiger partial charge in [0.1, 0.15) is 0 Å². The molecule has 1 N–H and O–H groups in total. The van der Waals surface area contributed by atoms with Gasteiger partial charge in [-0.3, -0.25) is 0 Å². The number of allylic oxidation sites excluding steroid dienone is 1. The van der Waals surface area contributed by atoms with Crippen molar-refractivity contribution >= 4 is 0 Å². The van der Waals surface area contributed by atoms with Crippen molar-refractivity contribution < 1.29 is 5.11 Å². The second-order valence-corrected chi connectivity index (χ2v) is 2.25. The predicted molar refractivity (Wildman–Crippen MR) is 35.6 cm³/mol. The van der Waals surface area contributed by atoms with E-state index in [9.17, 15) is 0 Å². The zero-order valence-corrected chi connectivity index (χ0v) is 5.59. The summed E-state index contributed by atoms with van der Waals surface area (Å²) in [5.74, 6) is 0.785. The lowest BCUT2D eigenvalue weighted by Gasteiger charge is -2.11. The quantitative estimate of drug-likeness (QED) is 0.550. The minimum Gasteiger partial charge on any atom is -0.396 e. The Morgan fingerprint density at radius 3 is 2.25 bits per heavy atom. The fourth-order valence-electron chi connectivity index (χ4n) is 0.399. The molecule has 0 rings (SSSR count). The van der Waals surface area contributed by atoms with Crippen LogP contribution in [0, 0.1) is 11.8 Å². The average molecular weight is 114 g/mol. The summed E-state index contributed by atoms with van der Waals surface area (Å²) in [6, 6.07) is 0. The van der Waals surface area contributed by atoms with E-state index in [2.05, 4.69) is 6.58 Å². The molecule has 0 fully saturated rings. The van der Waals surface area contributed by atoms with Gasteiger partial charge >= 0.3 is 0 Å². The van der Waals surface area contributed by atoms with E-state index in [-0.39, 0.29) is 6.61 Å². The van der Waals surface area contributed by atoms with E-state index in [0.29, 0.717) is 11.8 Å². The van der Waals surface area contributed by atoms with Crippen LogP contribution < -0.4 is 0 Å². The largest absolute Gasteiger partial charge is 0.396 e. The summed E-state index contributed by atoms with van der Waals surface area (Å²) in [5, 5.41) is 8.59. The van der Waals surface area contributed by atoms with Crippen molar-refractivity contribution in [2.24, 2.45) is 11.8 Å². The fraction of sp³-hybridized carbons (Fsp3) is 0.714. The molecule has 0 heterocycles. The number of hydrogen-bond acceptors (Lipinski definition) is 1. The van der Waals surface area contributed by atoms with Gasteiger partial charge in [0.05, 0.1) is 0 Å². The summed E-state index contributed by atoms with van der Waals surface area (Å²) < 4.78 is 0. The van der Waals surface area contributed by atoms with Crippen LogP contribution in [-0.4, -0.2) is 11.7 Å². The highest BCUT2D eigenvalue weighted by molar-refractivity contribution is 4.78. The van der Waals surface area contributed by atoms with Gasteiger partial charge in [0.2, 0.25) is 0 Å². The Morgan fingerprint density at radius 2 is 2.12 bits per heavy atom. The molecule has 1 nitrogen and oxygen atoms in total. The number of rotatable bonds is 3. The molecular formula is C7H14O. The maximum absolute atomic E-state index is 8.59. The van der Waals surface area contributed by atoms with Crippen LogP contribution in [-0.2, 0) is 0 Å². The molecule has 0 amide bonds. The van der Waals surface area contributed by atoms with Crippen molar-refractivity contribution in [2.45, 2.75) is 13.8 Å². The monoisotopic (exact) mass is 114 g/mol. The van der Waals surface area contributed by atoms with Gasteiger partial charge in [0.25, 0.3) is 0 Å². The lowest BCUT2D eigenvalue weighted by Crippen LogP contribution is -2.08. The summed E-state index contributed by atoms with van der Waals surface area (Å²) in [6.07, 6.45) is 1.86. The van der Waals surface area contributed by atoms with Crippen molar-refractivity contribution in [1.82, 2.24) is 0 Å². The third kappa shape index (κ3) is 2.12. The summed E-state index contributed by atoms with van der Waals surface area (Å²) in [7, 11) is 0. The first kappa shape index (κ1) is 7.70. The average Bonchev–Trinajstić information content (AvgIpc) is 1.84. The second-order valence-electron chi connectivity index (χ2n) is 2.25. The van der Waals surface area contributed by atoms with Crippen molar-refractivity contribution in [3.63, 3.8) is 0 Å². The van der Waals surface area contributed by atoms with Gasteiger partial charge in [-0.2, -0.15) is 0 Å². The standard InChI is InChI=1S/C7H14O/c1-4-6(2)7(3)5-8/h4,6-8H,1,5H2,2-3H3/t6-,7+/m1/s1. The van der Waals surface area contributed by atoms with Crippen molar-refractivity contribution in [1.29, 1.82) is 0 Å². The number of hydrogen-bond donors (Lipinski definition) is 1. The Morgan fingerprint density at radius 1 is 1.62 bits per heavy atom. The Hall–Kier alpha value is -0.300. The highest BCUT2D eigenvalue weighted by atomic mass is 16.3. The Kier molecular flexibility index (Phi) is 3.53. The van der Waals surface area contributed by atoms with Crippen LogP contribution in [0.25, 0.3) is 0 Å². The van der Waals surface area contributed by atoms with Gasteiger partial charge in [0.15, 0.2) is 0 Å². The number of aliphatic hydroxyl groups is 1. The first-order chi connectivity index (χ1) is 3.72. The lowest BCUT2D eigenvalue weighted by atomic mass is 9.97. The molecule has 2 atom stereocenters. The molecule has 0 aromatic carbocycles. The maximum Gasteiger partial charge on any atom is 0.0462 e. The minimum atomic E-state index is 0.257. The molecule has 0 unspecified atom stereocenters. The Labute approximate surface area is 51.0 Å². The van der Waals surface area contributed by atoms with E-state index in [1.165, 1.54) is 0 Å². The molecule has 0 saturated heterocycles. The van der Waals surface area contributed by atoms with Crippen molar-refractivity contribution in [2.75, 3.05) is 6.61 Å². The van der Waals surface area contributed by atoms with Gasteiger partial charge < -0.3 is 5.11 Å². The van der Waals surface area contributed by atoms with Gasteiger partial charge in [-0.1, -0.05) is 19.9 Å². The molecular weight excluding hydrogens is 100 g/mol. The minimum absolute atomic E-state index is 0.257. The third-order valence-corrected chi connectivity index (χ3v) is 1.56. The van der Waals surface area contributed by atoms with Gasteiger partial charge in [-0.05, 0) is 11.8 Å². The van der Waals surface area contributed by atoms with Gasteiger partial charge in [0, 0.05) is 6.61 Å². The van der Waals surface area contributed by atoms with Crippen LogP contribution in [0.5, 0.6) is 0 Å². The molecule has 0 aliphatic rings. The van der Waals surface area contributed by atoms with Crippen molar-refractivity contribution in [3.8, 4) is 0 Å². The normalized spacial score (nSPS) is 17.4. The molecule has 0 radical (unpaired) electrons. The van der Waals surface area contributed by atoms with E-state index in [0.717, 1.165) is 0 Å². The predicted octanol–water partition coefficient (Wildman–Crippen LogP) is 1.44. The van der Waals surface area contributed by atoms with E-state index in [4.69, 9.17) is 5.11 Å². The Balaban J connectivity index is 3.44. The molecule has 48 valence electrons. The van der Waals surface area contributed by atoms with Gasteiger partial charge in [-0.25, -0.2) is 0 Å². The fourth-order valence-corrected chi connectivity index (χ4v) is 0.399. The SMILES string of the molecule is C=C[C@@H](C)[C@@H](C)CO.